The molecule has 2 aliphatic heterocycles. The van der Waals surface area contributed by atoms with Crippen LogP contribution in [0.5, 0.6) is 0 Å². The summed E-state index contributed by atoms with van der Waals surface area (Å²) in [6.45, 7) is 11.9. The zero-order chi connectivity index (χ0) is 14.0. The van der Waals surface area contributed by atoms with Gasteiger partial charge in [-0.1, -0.05) is 36.4 Å². The van der Waals surface area contributed by atoms with Crippen LogP contribution in [-0.4, -0.2) is 52.7 Å². The second-order valence-electron chi connectivity index (χ2n) is 6.70. The first-order valence-electron chi connectivity index (χ1n) is 7.72. The Bertz CT molecular complexity index is 285. The number of rotatable bonds is 4. The lowest BCUT2D eigenvalue weighted by Gasteiger charge is -2.37. The second kappa shape index (κ2) is 7.03. The maximum absolute atomic E-state index is 14.2. The first kappa shape index (κ1) is 16.0. The number of piperidine rings is 1. The lowest BCUT2D eigenvalue weighted by atomic mass is 9.85. The van der Waals surface area contributed by atoms with Crippen LogP contribution < -0.4 is 0 Å². The molecule has 0 aromatic rings. The van der Waals surface area contributed by atoms with Gasteiger partial charge in [0.05, 0.1) is 4.05 Å². The normalized spacial score (nSPS) is 36.0. The van der Waals surface area contributed by atoms with Crippen molar-refractivity contribution in [2.75, 3.05) is 32.7 Å². The maximum Gasteiger partial charge on any atom is 0.116 e. The summed E-state index contributed by atoms with van der Waals surface area (Å²) in [6, 6.07) is 0. The summed E-state index contributed by atoms with van der Waals surface area (Å²) in [5.74, 6) is 1.52. The van der Waals surface area contributed by atoms with Crippen molar-refractivity contribution < 1.29 is 4.39 Å². The van der Waals surface area contributed by atoms with E-state index in [2.05, 4.69) is 53.2 Å². The van der Waals surface area contributed by atoms with Gasteiger partial charge in [-0.05, 0) is 50.6 Å². The van der Waals surface area contributed by atoms with Gasteiger partial charge in [0.15, 0.2) is 0 Å². The largest absolute Gasteiger partial charge is 0.300 e. The molecule has 0 spiro atoms. The van der Waals surface area contributed by atoms with Crippen molar-refractivity contribution in [1.29, 1.82) is 0 Å². The van der Waals surface area contributed by atoms with E-state index in [-0.39, 0.29) is 5.92 Å². The van der Waals surface area contributed by atoms with Crippen LogP contribution in [0.4, 0.5) is 4.39 Å². The molecule has 0 radical (unpaired) electrons. The fraction of sp³-hybridized carbons (Fsp3) is 1.00. The van der Waals surface area contributed by atoms with Gasteiger partial charge < -0.3 is 4.90 Å². The Morgan fingerprint density at radius 3 is 2.42 bits per heavy atom. The Morgan fingerprint density at radius 1 is 1.16 bits per heavy atom. The molecule has 2 saturated heterocycles. The lowest BCUT2D eigenvalue weighted by molar-refractivity contribution is 0.0533. The Hall–Kier alpha value is 0.580. The van der Waals surface area contributed by atoms with Crippen molar-refractivity contribution in [3.63, 3.8) is 0 Å². The third-order valence-corrected chi connectivity index (χ3v) is 5.66. The predicted molar refractivity (Wildman–Crippen MR) is 87.4 cm³/mol. The van der Waals surface area contributed by atoms with Gasteiger partial charge in [0.25, 0.3) is 0 Å². The second-order valence-corrected chi connectivity index (χ2v) is 8.50. The average molecular weight is 382 g/mol. The van der Waals surface area contributed by atoms with Gasteiger partial charge in [-0.15, -0.1) is 0 Å². The molecule has 0 aromatic carbocycles. The molecular weight excluding hydrogens is 354 g/mol. The Balaban J connectivity index is 1.76. The first-order valence-corrected chi connectivity index (χ1v) is 8.96. The van der Waals surface area contributed by atoms with Gasteiger partial charge >= 0.3 is 0 Å². The van der Waals surface area contributed by atoms with Crippen LogP contribution in [0.2, 0.25) is 0 Å². The summed E-state index contributed by atoms with van der Waals surface area (Å²) in [5, 5.41) is 0. The van der Waals surface area contributed by atoms with Crippen LogP contribution >= 0.6 is 22.6 Å². The van der Waals surface area contributed by atoms with Crippen molar-refractivity contribution >= 4 is 22.6 Å². The Labute approximate surface area is 131 Å². The molecule has 19 heavy (non-hydrogen) atoms. The lowest BCUT2D eigenvalue weighted by Crippen LogP contribution is -2.45. The standard InChI is InChI=1S/C15H28FIN2/c1-11(2)14-5-6-18(10-15(14)16)8-13-4-7-19(9-13)12(3)17/h11-15H,4-10H2,1-3H3/t12?,13-,14-,15+/m0/s1. The number of hydrogen-bond acceptors (Lipinski definition) is 2. The third-order valence-electron chi connectivity index (χ3n) is 4.87. The highest BCUT2D eigenvalue weighted by molar-refractivity contribution is 14.1. The molecule has 2 heterocycles. The molecule has 2 fully saturated rings. The fourth-order valence-electron chi connectivity index (χ4n) is 3.60. The van der Waals surface area contributed by atoms with E-state index in [9.17, 15) is 4.39 Å². The monoisotopic (exact) mass is 382 g/mol. The molecule has 0 amide bonds. The summed E-state index contributed by atoms with van der Waals surface area (Å²) in [6.07, 6.45) is 1.71. The zero-order valence-electron chi connectivity index (χ0n) is 12.5. The van der Waals surface area contributed by atoms with E-state index in [1.165, 1.54) is 19.5 Å². The minimum Gasteiger partial charge on any atom is -0.300 e. The zero-order valence-corrected chi connectivity index (χ0v) is 14.6. The van der Waals surface area contributed by atoms with E-state index >= 15 is 0 Å². The van der Waals surface area contributed by atoms with Gasteiger partial charge in [-0.25, -0.2) is 4.39 Å². The minimum atomic E-state index is -0.616. The maximum atomic E-state index is 14.2. The molecule has 2 rings (SSSR count). The van der Waals surface area contributed by atoms with Crippen LogP contribution in [0.1, 0.15) is 33.6 Å². The molecule has 0 aliphatic carbocycles. The molecule has 2 nitrogen and oxygen atoms in total. The molecular formula is C15H28FIN2. The van der Waals surface area contributed by atoms with Gasteiger partial charge in [-0.2, -0.15) is 0 Å². The van der Waals surface area contributed by atoms with Crippen LogP contribution in [0.15, 0.2) is 0 Å². The van der Waals surface area contributed by atoms with Gasteiger partial charge in [0, 0.05) is 19.6 Å². The highest BCUT2D eigenvalue weighted by Gasteiger charge is 2.33. The molecule has 0 aromatic heterocycles. The highest BCUT2D eigenvalue weighted by atomic mass is 127. The van der Waals surface area contributed by atoms with Gasteiger partial charge in [0.2, 0.25) is 0 Å². The molecule has 4 atom stereocenters. The average Bonchev–Trinajstić information content (AvgIpc) is 2.77. The van der Waals surface area contributed by atoms with Crippen molar-refractivity contribution in [3.05, 3.63) is 0 Å². The molecule has 4 heteroatoms. The number of alkyl halides is 2. The summed E-state index contributed by atoms with van der Waals surface area (Å²) in [4.78, 5) is 4.91. The SMILES string of the molecule is CC(C)[C@@H]1CCN(C[C@@H]2CCN(C(C)I)C2)C[C@H]1F. The van der Waals surface area contributed by atoms with Crippen LogP contribution in [0, 0.1) is 17.8 Å². The van der Waals surface area contributed by atoms with Crippen LogP contribution in [-0.2, 0) is 0 Å². The highest BCUT2D eigenvalue weighted by Crippen LogP contribution is 2.29. The molecule has 2 aliphatic rings. The predicted octanol–water partition coefficient (Wildman–Crippen LogP) is 3.41. The number of likely N-dealkylation sites (tertiary alicyclic amines) is 2. The minimum absolute atomic E-state index is 0.283. The number of hydrogen-bond donors (Lipinski definition) is 0. The van der Waals surface area contributed by atoms with Gasteiger partial charge in [0.1, 0.15) is 6.17 Å². The van der Waals surface area contributed by atoms with Crippen molar-refractivity contribution in [2.45, 2.75) is 43.8 Å². The van der Waals surface area contributed by atoms with E-state index < -0.39 is 6.17 Å². The Kier molecular flexibility index (Phi) is 5.90. The van der Waals surface area contributed by atoms with E-state index in [1.807, 2.05) is 0 Å². The fourth-order valence-corrected chi connectivity index (χ4v) is 4.11. The molecule has 0 saturated carbocycles. The molecule has 1 unspecified atom stereocenters. The summed E-state index contributed by atoms with van der Waals surface area (Å²) < 4.78 is 14.8. The van der Waals surface area contributed by atoms with Crippen molar-refractivity contribution in [2.24, 2.45) is 17.8 Å². The summed E-state index contributed by atoms with van der Waals surface area (Å²) >= 11 is 2.49. The summed E-state index contributed by atoms with van der Waals surface area (Å²) in [7, 11) is 0. The van der Waals surface area contributed by atoms with Crippen LogP contribution in [0.25, 0.3) is 0 Å². The number of nitrogens with zero attached hydrogens (tertiary/aromatic N) is 2. The van der Waals surface area contributed by atoms with Crippen molar-refractivity contribution in [3.8, 4) is 0 Å². The smallest absolute Gasteiger partial charge is 0.116 e. The topological polar surface area (TPSA) is 6.48 Å². The first-order chi connectivity index (χ1) is 8.97. The number of halogens is 2. The van der Waals surface area contributed by atoms with Gasteiger partial charge in [-0.3, -0.25) is 4.90 Å². The van der Waals surface area contributed by atoms with E-state index in [0.29, 0.717) is 16.5 Å². The Morgan fingerprint density at radius 2 is 1.89 bits per heavy atom. The van der Waals surface area contributed by atoms with E-state index in [1.54, 1.807) is 0 Å². The van der Waals surface area contributed by atoms with E-state index in [4.69, 9.17) is 0 Å². The third kappa shape index (κ3) is 4.27. The molecule has 0 bridgehead atoms. The van der Waals surface area contributed by atoms with Crippen molar-refractivity contribution in [1.82, 2.24) is 9.80 Å². The quantitative estimate of drug-likeness (QED) is 0.418. The summed E-state index contributed by atoms with van der Waals surface area (Å²) in [5.41, 5.74) is 0. The molecule has 112 valence electrons. The van der Waals surface area contributed by atoms with E-state index in [0.717, 1.165) is 25.4 Å². The molecule has 0 N–H and O–H groups in total. The van der Waals surface area contributed by atoms with Crippen LogP contribution in [0.3, 0.4) is 0 Å².